The maximum Gasteiger partial charge on any atom is 0.346 e. The number of nitrogens with one attached hydrogen (secondary N) is 1. The van der Waals surface area contributed by atoms with Crippen molar-refractivity contribution in [2.75, 3.05) is 5.73 Å². The first-order chi connectivity index (χ1) is 10.5. The number of esters is 1. The molecule has 0 saturated carbocycles. The summed E-state index contributed by atoms with van der Waals surface area (Å²) in [5.41, 5.74) is 6.81. The van der Waals surface area contributed by atoms with Gasteiger partial charge in [-0.25, -0.2) is 4.79 Å². The van der Waals surface area contributed by atoms with Crippen LogP contribution in [0.3, 0.4) is 0 Å². The van der Waals surface area contributed by atoms with Crippen molar-refractivity contribution in [1.82, 2.24) is 10.5 Å². The lowest BCUT2D eigenvalue weighted by Gasteiger charge is -2.13. The minimum atomic E-state index is -0.954. The zero-order valence-electron chi connectivity index (χ0n) is 12.3. The second-order valence-electron chi connectivity index (χ2n) is 4.76. The number of rotatable bonds is 5. The van der Waals surface area contributed by atoms with Crippen molar-refractivity contribution in [3.63, 3.8) is 0 Å². The average molecular weight is 303 g/mol. The molecule has 2 rings (SSSR count). The van der Waals surface area contributed by atoms with E-state index < -0.39 is 18.0 Å². The number of hydrogen-bond donors (Lipinski definition) is 2. The van der Waals surface area contributed by atoms with E-state index in [4.69, 9.17) is 15.0 Å². The van der Waals surface area contributed by atoms with E-state index in [1.54, 1.807) is 6.92 Å². The van der Waals surface area contributed by atoms with Gasteiger partial charge >= 0.3 is 5.97 Å². The van der Waals surface area contributed by atoms with Gasteiger partial charge in [-0.1, -0.05) is 35.5 Å². The molecular weight excluding hydrogens is 286 g/mol. The Hall–Kier alpha value is -2.83. The van der Waals surface area contributed by atoms with Crippen molar-refractivity contribution in [3.8, 4) is 0 Å². The van der Waals surface area contributed by atoms with Gasteiger partial charge in [-0.3, -0.25) is 4.79 Å². The van der Waals surface area contributed by atoms with E-state index in [0.29, 0.717) is 12.2 Å². The molecule has 0 aliphatic carbocycles. The first-order valence-electron chi connectivity index (χ1n) is 6.73. The summed E-state index contributed by atoms with van der Waals surface area (Å²) in [6.07, 6.45) is -0.954. The Kier molecular flexibility index (Phi) is 4.77. The zero-order valence-corrected chi connectivity index (χ0v) is 12.3. The Bertz CT molecular complexity index is 647. The van der Waals surface area contributed by atoms with E-state index in [9.17, 15) is 9.59 Å². The summed E-state index contributed by atoms with van der Waals surface area (Å²) in [4.78, 5) is 23.9. The first kappa shape index (κ1) is 15.6. The number of anilines is 1. The number of nitrogens with zero attached hydrogens (tertiary/aromatic N) is 1. The molecule has 1 heterocycles. The molecule has 0 aliphatic heterocycles. The summed E-state index contributed by atoms with van der Waals surface area (Å²) in [5.74, 6) is -1.26. The van der Waals surface area contributed by atoms with Crippen molar-refractivity contribution in [2.24, 2.45) is 0 Å². The van der Waals surface area contributed by atoms with Crippen LogP contribution >= 0.6 is 0 Å². The van der Waals surface area contributed by atoms with Crippen LogP contribution in [0.4, 0.5) is 5.88 Å². The van der Waals surface area contributed by atoms with Gasteiger partial charge in [0.25, 0.3) is 5.91 Å². The highest BCUT2D eigenvalue weighted by atomic mass is 16.5. The van der Waals surface area contributed by atoms with Gasteiger partial charge < -0.3 is 20.3 Å². The van der Waals surface area contributed by atoms with Crippen LogP contribution in [-0.4, -0.2) is 23.1 Å². The molecule has 0 radical (unpaired) electrons. The highest BCUT2D eigenvalue weighted by Gasteiger charge is 2.24. The third-order valence-corrected chi connectivity index (χ3v) is 3.06. The van der Waals surface area contributed by atoms with Crippen molar-refractivity contribution < 1.29 is 18.8 Å². The number of carbonyl (C=O) groups excluding carboxylic acids is 2. The van der Waals surface area contributed by atoms with Crippen LogP contribution in [0.5, 0.6) is 0 Å². The summed E-state index contributed by atoms with van der Waals surface area (Å²) in [5, 5.41) is 6.26. The molecule has 1 aromatic heterocycles. The van der Waals surface area contributed by atoms with E-state index >= 15 is 0 Å². The van der Waals surface area contributed by atoms with Gasteiger partial charge in [-0.2, -0.15) is 0 Å². The highest BCUT2D eigenvalue weighted by molar-refractivity contribution is 5.96. The molecule has 0 bridgehead atoms. The number of carbonyl (C=O) groups is 2. The molecule has 22 heavy (non-hydrogen) atoms. The van der Waals surface area contributed by atoms with Gasteiger partial charge in [-0.15, -0.1) is 0 Å². The minimum Gasteiger partial charge on any atom is -0.449 e. The second kappa shape index (κ2) is 6.75. The monoisotopic (exact) mass is 303 g/mol. The lowest BCUT2D eigenvalue weighted by atomic mass is 10.2. The standard InChI is InChI=1S/C15H17N3O4/c1-9-12(13(16)22-18-9)15(20)21-10(2)14(19)17-8-11-6-4-3-5-7-11/h3-7,10H,8,16H2,1-2H3,(H,17,19)/t10-/m0/s1. The second-order valence-corrected chi connectivity index (χ2v) is 4.76. The molecule has 0 unspecified atom stereocenters. The molecule has 0 fully saturated rings. The minimum absolute atomic E-state index is 0.0442. The predicted molar refractivity (Wildman–Crippen MR) is 78.8 cm³/mol. The van der Waals surface area contributed by atoms with E-state index in [2.05, 4.69) is 10.5 Å². The third kappa shape index (κ3) is 3.63. The molecule has 0 saturated heterocycles. The molecule has 2 aromatic rings. The fourth-order valence-electron chi connectivity index (χ4n) is 1.84. The van der Waals surface area contributed by atoms with E-state index in [0.717, 1.165) is 5.56 Å². The van der Waals surface area contributed by atoms with E-state index in [1.165, 1.54) is 6.92 Å². The fourth-order valence-corrected chi connectivity index (χ4v) is 1.84. The molecular formula is C15H17N3O4. The molecule has 116 valence electrons. The van der Waals surface area contributed by atoms with E-state index in [1.807, 2.05) is 30.3 Å². The number of amides is 1. The molecule has 1 amide bonds. The van der Waals surface area contributed by atoms with Crippen LogP contribution in [0.2, 0.25) is 0 Å². The normalized spacial score (nSPS) is 11.7. The molecule has 7 heteroatoms. The van der Waals surface area contributed by atoms with Crippen LogP contribution in [0.1, 0.15) is 28.5 Å². The summed E-state index contributed by atoms with van der Waals surface area (Å²) in [6, 6.07) is 9.42. The number of aryl methyl sites for hydroxylation is 1. The number of nitrogens with two attached hydrogens (primary N) is 1. The maximum absolute atomic E-state index is 12.0. The summed E-state index contributed by atoms with van der Waals surface area (Å²) in [7, 11) is 0. The summed E-state index contributed by atoms with van der Waals surface area (Å²) >= 11 is 0. The molecule has 0 aliphatic rings. The Morgan fingerprint density at radius 1 is 1.36 bits per heavy atom. The van der Waals surface area contributed by atoms with Gasteiger partial charge in [0.15, 0.2) is 6.10 Å². The van der Waals surface area contributed by atoms with Crippen LogP contribution in [-0.2, 0) is 16.1 Å². The van der Waals surface area contributed by atoms with Crippen LogP contribution in [0.15, 0.2) is 34.9 Å². The largest absolute Gasteiger partial charge is 0.449 e. The number of benzene rings is 1. The lowest BCUT2D eigenvalue weighted by Crippen LogP contribution is -2.35. The van der Waals surface area contributed by atoms with Crippen molar-refractivity contribution in [2.45, 2.75) is 26.5 Å². The summed E-state index contributed by atoms with van der Waals surface area (Å²) in [6.45, 7) is 3.41. The van der Waals surface area contributed by atoms with Crippen molar-refractivity contribution in [1.29, 1.82) is 0 Å². The van der Waals surface area contributed by atoms with E-state index in [-0.39, 0.29) is 11.4 Å². The van der Waals surface area contributed by atoms with Crippen LogP contribution in [0, 0.1) is 6.92 Å². The smallest absolute Gasteiger partial charge is 0.346 e. The van der Waals surface area contributed by atoms with Gasteiger partial charge in [0.05, 0.1) is 5.69 Å². The van der Waals surface area contributed by atoms with Crippen LogP contribution in [0.25, 0.3) is 0 Å². The quantitative estimate of drug-likeness (QED) is 0.809. The molecule has 0 spiro atoms. The summed E-state index contributed by atoms with van der Waals surface area (Å²) < 4.78 is 9.77. The molecule has 7 nitrogen and oxygen atoms in total. The Morgan fingerprint density at radius 3 is 2.64 bits per heavy atom. The van der Waals surface area contributed by atoms with Crippen molar-refractivity contribution >= 4 is 17.8 Å². The van der Waals surface area contributed by atoms with Gasteiger partial charge in [0.2, 0.25) is 5.88 Å². The number of hydrogen-bond acceptors (Lipinski definition) is 6. The number of ether oxygens (including phenoxy) is 1. The van der Waals surface area contributed by atoms with Crippen molar-refractivity contribution in [3.05, 3.63) is 47.2 Å². The first-order valence-corrected chi connectivity index (χ1v) is 6.73. The molecule has 1 atom stereocenters. The Balaban J connectivity index is 1.90. The Morgan fingerprint density at radius 2 is 2.05 bits per heavy atom. The van der Waals surface area contributed by atoms with Gasteiger partial charge in [-0.05, 0) is 19.4 Å². The van der Waals surface area contributed by atoms with Crippen LogP contribution < -0.4 is 11.1 Å². The SMILES string of the molecule is Cc1noc(N)c1C(=O)O[C@@H](C)C(=O)NCc1ccccc1. The molecule has 3 N–H and O–H groups in total. The Labute approximate surface area is 127 Å². The average Bonchev–Trinajstić information content (AvgIpc) is 2.84. The highest BCUT2D eigenvalue weighted by Crippen LogP contribution is 2.17. The predicted octanol–water partition coefficient (Wildman–Crippen LogP) is 1.43. The number of nitrogen functional groups attached to an aromatic ring is 1. The fraction of sp³-hybridized carbons (Fsp3) is 0.267. The topological polar surface area (TPSA) is 107 Å². The lowest BCUT2D eigenvalue weighted by molar-refractivity contribution is -0.129. The zero-order chi connectivity index (χ0) is 16.1. The third-order valence-electron chi connectivity index (χ3n) is 3.06. The molecule has 1 aromatic carbocycles. The van der Waals surface area contributed by atoms with Gasteiger partial charge in [0.1, 0.15) is 5.56 Å². The van der Waals surface area contributed by atoms with Gasteiger partial charge in [0, 0.05) is 6.54 Å². The number of aromatic nitrogens is 1. The maximum atomic E-state index is 12.0.